The van der Waals surface area contributed by atoms with Crippen LogP contribution in [0.5, 0.6) is 0 Å². The van der Waals surface area contributed by atoms with Crippen molar-refractivity contribution in [3.05, 3.63) is 24.0 Å². The quantitative estimate of drug-likeness (QED) is 0.772. The molecule has 1 aromatic heterocycles. The number of hydrogen-bond acceptors (Lipinski definition) is 5. The molecule has 0 aromatic carbocycles. The van der Waals surface area contributed by atoms with Crippen molar-refractivity contribution in [2.24, 2.45) is 0 Å². The van der Waals surface area contributed by atoms with Crippen molar-refractivity contribution >= 4 is 5.69 Å². The van der Waals surface area contributed by atoms with E-state index >= 15 is 0 Å². The topological polar surface area (TPSA) is 67.0 Å². The van der Waals surface area contributed by atoms with Gasteiger partial charge in [0.15, 0.2) is 0 Å². The Morgan fingerprint density at radius 3 is 2.44 bits per heavy atom. The Labute approximate surface area is 107 Å². The minimum atomic E-state index is -0.0220. The van der Waals surface area contributed by atoms with Gasteiger partial charge in [0, 0.05) is 26.2 Å². The minimum Gasteiger partial charge on any atom is -0.368 e. The van der Waals surface area contributed by atoms with Gasteiger partial charge in [-0.2, -0.15) is 10.5 Å². The molecule has 2 rings (SSSR count). The normalized spacial score (nSPS) is 17.8. The molecule has 1 aliphatic heterocycles. The maximum absolute atomic E-state index is 8.88. The van der Waals surface area contributed by atoms with E-state index in [1.54, 1.807) is 12.3 Å². The summed E-state index contributed by atoms with van der Waals surface area (Å²) in [6.07, 6.45) is 1.74. The summed E-state index contributed by atoms with van der Waals surface area (Å²) < 4.78 is 0. The number of anilines is 1. The molecule has 0 N–H and O–H groups in total. The molecule has 0 spiro atoms. The molecule has 1 saturated heterocycles. The summed E-state index contributed by atoms with van der Waals surface area (Å²) in [5.74, 6) is 0. The average Bonchev–Trinajstić information content (AvgIpc) is 2.47. The molecule has 1 fully saturated rings. The van der Waals surface area contributed by atoms with Gasteiger partial charge in [-0.15, -0.1) is 0 Å². The monoisotopic (exact) mass is 241 g/mol. The fourth-order valence-corrected chi connectivity index (χ4v) is 2.09. The lowest BCUT2D eigenvalue weighted by atomic mass is 10.2. The highest BCUT2D eigenvalue weighted by Crippen LogP contribution is 2.16. The highest BCUT2D eigenvalue weighted by Gasteiger charge is 2.20. The van der Waals surface area contributed by atoms with E-state index in [9.17, 15) is 0 Å². The Morgan fingerprint density at radius 2 is 1.94 bits per heavy atom. The second-order valence-corrected chi connectivity index (χ2v) is 4.34. The fraction of sp³-hybridized carbons (Fsp3) is 0.462. The van der Waals surface area contributed by atoms with Gasteiger partial charge >= 0.3 is 0 Å². The molecule has 5 heteroatoms. The number of rotatable bonds is 2. The molecule has 1 unspecified atom stereocenters. The van der Waals surface area contributed by atoms with Gasteiger partial charge in [0.1, 0.15) is 11.8 Å². The largest absolute Gasteiger partial charge is 0.368 e. The van der Waals surface area contributed by atoms with Crippen LogP contribution in [0, 0.1) is 22.7 Å². The van der Waals surface area contributed by atoms with Gasteiger partial charge in [-0.1, -0.05) is 0 Å². The number of nitriles is 2. The van der Waals surface area contributed by atoms with Crippen molar-refractivity contribution < 1.29 is 0 Å². The van der Waals surface area contributed by atoms with Crippen molar-refractivity contribution in [1.82, 2.24) is 9.88 Å². The minimum absolute atomic E-state index is 0.0220. The van der Waals surface area contributed by atoms with Crippen molar-refractivity contribution in [1.29, 1.82) is 10.5 Å². The maximum atomic E-state index is 8.88. The smallest absolute Gasteiger partial charge is 0.140 e. The highest BCUT2D eigenvalue weighted by molar-refractivity contribution is 5.46. The molecule has 1 aliphatic rings. The van der Waals surface area contributed by atoms with E-state index in [2.05, 4.69) is 20.9 Å². The lowest BCUT2D eigenvalue weighted by Gasteiger charge is -2.36. The van der Waals surface area contributed by atoms with Gasteiger partial charge in [0.2, 0.25) is 0 Å². The van der Waals surface area contributed by atoms with E-state index in [0.29, 0.717) is 5.69 Å². The SMILES string of the molecule is CC(C#N)N1CCN(c2ccc(C#N)nc2)CC1. The molecule has 5 nitrogen and oxygen atoms in total. The van der Waals surface area contributed by atoms with Gasteiger partial charge in [0.05, 0.1) is 24.0 Å². The Morgan fingerprint density at radius 1 is 1.22 bits per heavy atom. The number of aromatic nitrogens is 1. The van der Waals surface area contributed by atoms with Crippen LogP contribution in [-0.2, 0) is 0 Å². The first kappa shape index (κ1) is 12.3. The Kier molecular flexibility index (Phi) is 3.76. The number of hydrogen-bond donors (Lipinski definition) is 0. The summed E-state index contributed by atoms with van der Waals surface area (Å²) in [6.45, 7) is 5.47. The van der Waals surface area contributed by atoms with Crippen LogP contribution in [0.1, 0.15) is 12.6 Å². The molecule has 92 valence electrons. The Balaban J connectivity index is 1.97. The first-order valence-corrected chi connectivity index (χ1v) is 5.99. The predicted molar refractivity (Wildman–Crippen MR) is 67.8 cm³/mol. The van der Waals surface area contributed by atoms with E-state index in [-0.39, 0.29) is 6.04 Å². The van der Waals surface area contributed by atoms with Gasteiger partial charge in [-0.05, 0) is 19.1 Å². The van der Waals surface area contributed by atoms with E-state index in [4.69, 9.17) is 10.5 Å². The molecular formula is C13H15N5. The van der Waals surface area contributed by atoms with Crippen LogP contribution in [0.25, 0.3) is 0 Å². The summed E-state index contributed by atoms with van der Waals surface area (Å²) in [5, 5.41) is 17.6. The van der Waals surface area contributed by atoms with Crippen LogP contribution in [0.3, 0.4) is 0 Å². The Bertz CT molecular complexity index is 474. The van der Waals surface area contributed by atoms with Crippen LogP contribution >= 0.6 is 0 Å². The van der Waals surface area contributed by atoms with Crippen molar-refractivity contribution in [3.63, 3.8) is 0 Å². The number of nitrogens with zero attached hydrogens (tertiary/aromatic N) is 5. The van der Waals surface area contributed by atoms with E-state index < -0.39 is 0 Å². The number of piperazine rings is 1. The summed E-state index contributed by atoms with van der Waals surface area (Å²) in [7, 11) is 0. The fourth-order valence-electron chi connectivity index (χ4n) is 2.09. The van der Waals surface area contributed by atoms with E-state index in [1.807, 2.05) is 19.1 Å². The van der Waals surface area contributed by atoms with Gasteiger partial charge in [-0.25, -0.2) is 4.98 Å². The third-order valence-corrected chi connectivity index (χ3v) is 3.28. The number of pyridine rings is 1. The average molecular weight is 241 g/mol. The van der Waals surface area contributed by atoms with Crippen molar-refractivity contribution in [2.45, 2.75) is 13.0 Å². The molecule has 0 bridgehead atoms. The predicted octanol–water partition coefficient (Wildman–Crippen LogP) is 0.987. The maximum Gasteiger partial charge on any atom is 0.140 e. The molecule has 0 amide bonds. The Hall–Kier alpha value is -2.11. The lowest BCUT2D eigenvalue weighted by molar-refractivity contribution is 0.231. The van der Waals surface area contributed by atoms with Crippen LogP contribution in [0.15, 0.2) is 18.3 Å². The third-order valence-electron chi connectivity index (χ3n) is 3.28. The van der Waals surface area contributed by atoms with E-state index in [1.165, 1.54) is 0 Å². The molecule has 1 atom stereocenters. The van der Waals surface area contributed by atoms with Crippen molar-refractivity contribution in [2.75, 3.05) is 31.1 Å². The highest BCUT2D eigenvalue weighted by atomic mass is 15.3. The zero-order valence-corrected chi connectivity index (χ0v) is 10.4. The summed E-state index contributed by atoms with van der Waals surface area (Å²) in [5.41, 5.74) is 1.48. The van der Waals surface area contributed by atoms with Gasteiger partial charge in [-0.3, -0.25) is 4.90 Å². The molecule has 18 heavy (non-hydrogen) atoms. The molecule has 1 aromatic rings. The van der Waals surface area contributed by atoms with E-state index in [0.717, 1.165) is 31.9 Å². The van der Waals surface area contributed by atoms with Crippen LogP contribution in [0.4, 0.5) is 5.69 Å². The summed E-state index contributed by atoms with van der Waals surface area (Å²) in [6, 6.07) is 7.92. The second-order valence-electron chi connectivity index (χ2n) is 4.34. The first-order chi connectivity index (χ1) is 8.74. The lowest BCUT2D eigenvalue weighted by Crippen LogP contribution is -2.49. The second kappa shape index (κ2) is 5.48. The van der Waals surface area contributed by atoms with Crippen LogP contribution in [-0.4, -0.2) is 42.1 Å². The zero-order valence-electron chi connectivity index (χ0n) is 10.4. The summed E-state index contributed by atoms with van der Waals surface area (Å²) >= 11 is 0. The standard InChI is InChI=1S/C13H15N5/c1-11(8-14)17-4-6-18(7-5-17)13-3-2-12(9-15)16-10-13/h2-3,10-11H,4-7H2,1H3. The molecule has 0 saturated carbocycles. The molecule has 2 heterocycles. The first-order valence-electron chi connectivity index (χ1n) is 5.99. The summed E-state index contributed by atoms with van der Waals surface area (Å²) in [4.78, 5) is 8.48. The van der Waals surface area contributed by atoms with Gasteiger partial charge in [0.25, 0.3) is 0 Å². The third kappa shape index (κ3) is 2.58. The van der Waals surface area contributed by atoms with Crippen LogP contribution in [0.2, 0.25) is 0 Å². The molecular weight excluding hydrogens is 226 g/mol. The van der Waals surface area contributed by atoms with Crippen LogP contribution < -0.4 is 4.90 Å². The molecule has 0 aliphatic carbocycles. The van der Waals surface area contributed by atoms with Gasteiger partial charge < -0.3 is 4.90 Å². The van der Waals surface area contributed by atoms with Crippen molar-refractivity contribution in [3.8, 4) is 12.1 Å². The molecule has 0 radical (unpaired) electrons. The zero-order chi connectivity index (χ0) is 13.0.